The zero-order valence-electron chi connectivity index (χ0n) is 16.7. The second kappa shape index (κ2) is 7.87. The minimum Gasteiger partial charge on any atom is -0.491 e. The van der Waals surface area contributed by atoms with Gasteiger partial charge in [-0.3, -0.25) is 4.79 Å². The highest BCUT2D eigenvalue weighted by atomic mass is 16.5. The Balaban J connectivity index is 1.51. The van der Waals surface area contributed by atoms with Crippen LogP contribution in [0, 0.1) is 0 Å². The third-order valence-corrected chi connectivity index (χ3v) is 4.80. The number of pyridine rings is 1. The Morgan fingerprint density at radius 3 is 2.55 bits per heavy atom. The number of aliphatic imine (C=N–C) groups is 1. The highest BCUT2D eigenvalue weighted by molar-refractivity contribution is 6.22. The third kappa shape index (κ3) is 4.04. The van der Waals surface area contributed by atoms with Crippen LogP contribution in [0.1, 0.15) is 43.4 Å². The van der Waals surface area contributed by atoms with E-state index in [1.807, 2.05) is 81.4 Å². The van der Waals surface area contributed by atoms with E-state index in [2.05, 4.69) is 15.3 Å². The third-order valence-electron chi connectivity index (χ3n) is 4.80. The summed E-state index contributed by atoms with van der Waals surface area (Å²) in [5.74, 6) is 0.981. The summed E-state index contributed by atoms with van der Waals surface area (Å²) in [6.07, 6.45) is 1.80. The van der Waals surface area contributed by atoms with Crippen molar-refractivity contribution in [2.45, 2.75) is 32.8 Å². The minimum absolute atomic E-state index is 0.0931. The summed E-state index contributed by atoms with van der Waals surface area (Å²) in [7, 11) is 0. The molecule has 0 saturated carbocycles. The van der Waals surface area contributed by atoms with Crippen molar-refractivity contribution in [2.24, 2.45) is 4.99 Å². The molecule has 5 nitrogen and oxygen atoms in total. The average molecular weight is 385 g/mol. The first-order valence-electron chi connectivity index (χ1n) is 9.73. The number of anilines is 1. The van der Waals surface area contributed by atoms with Crippen LogP contribution >= 0.6 is 0 Å². The number of nitrogens with one attached hydrogen (secondary N) is 1. The molecular formula is C24H23N3O2. The molecule has 29 heavy (non-hydrogen) atoms. The van der Waals surface area contributed by atoms with Crippen LogP contribution in [0.3, 0.4) is 0 Å². The second-order valence-corrected chi connectivity index (χ2v) is 7.36. The highest BCUT2D eigenvalue weighted by Gasteiger charge is 2.22. The maximum absolute atomic E-state index is 12.6. The SMILES string of the molecule is CC(C)Oc1ccc2c(c1)C(c1ccnc(NC(=O)C(C)c3ccccc3)c1)=N2. The van der Waals surface area contributed by atoms with E-state index in [0.717, 1.165) is 33.8 Å². The van der Waals surface area contributed by atoms with Crippen LogP contribution in [0.4, 0.5) is 11.5 Å². The monoisotopic (exact) mass is 385 g/mol. The molecule has 1 aromatic heterocycles. The minimum atomic E-state index is -0.265. The molecule has 0 radical (unpaired) electrons. The second-order valence-electron chi connectivity index (χ2n) is 7.36. The van der Waals surface area contributed by atoms with Crippen LogP contribution < -0.4 is 10.1 Å². The van der Waals surface area contributed by atoms with Gasteiger partial charge >= 0.3 is 0 Å². The number of hydrogen-bond donors (Lipinski definition) is 1. The molecule has 1 atom stereocenters. The smallest absolute Gasteiger partial charge is 0.232 e. The Morgan fingerprint density at radius 1 is 1.00 bits per heavy atom. The van der Waals surface area contributed by atoms with Gasteiger partial charge in [-0.05, 0) is 56.7 Å². The number of ether oxygens (including phenoxy) is 1. The average Bonchev–Trinajstić information content (AvgIpc) is 2.70. The summed E-state index contributed by atoms with van der Waals surface area (Å²) < 4.78 is 5.79. The summed E-state index contributed by atoms with van der Waals surface area (Å²) in [4.78, 5) is 21.5. The lowest BCUT2D eigenvalue weighted by molar-refractivity contribution is -0.117. The fraction of sp³-hybridized carbons (Fsp3) is 0.208. The zero-order valence-corrected chi connectivity index (χ0v) is 16.7. The van der Waals surface area contributed by atoms with Gasteiger partial charge in [-0.1, -0.05) is 30.3 Å². The molecular weight excluding hydrogens is 362 g/mol. The molecule has 2 aromatic carbocycles. The zero-order chi connectivity index (χ0) is 20.4. The van der Waals surface area contributed by atoms with Crippen molar-refractivity contribution in [3.63, 3.8) is 0 Å². The van der Waals surface area contributed by atoms with Crippen molar-refractivity contribution >= 4 is 23.1 Å². The van der Waals surface area contributed by atoms with Gasteiger partial charge in [0.15, 0.2) is 0 Å². The first kappa shape index (κ1) is 18.9. The number of rotatable bonds is 6. The van der Waals surface area contributed by atoms with E-state index < -0.39 is 0 Å². The van der Waals surface area contributed by atoms with Gasteiger partial charge < -0.3 is 10.1 Å². The van der Waals surface area contributed by atoms with Crippen LogP contribution in [0.5, 0.6) is 5.75 Å². The molecule has 1 unspecified atom stereocenters. The maximum Gasteiger partial charge on any atom is 0.232 e. The molecule has 0 fully saturated rings. The molecule has 1 N–H and O–H groups in total. The molecule has 1 amide bonds. The first-order chi connectivity index (χ1) is 14.0. The van der Waals surface area contributed by atoms with E-state index in [9.17, 15) is 4.79 Å². The molecule has 0 spiro atoms. The van der Waals surface area contributed by atoms with E-state index in [1.54, 1.807) is 6.20 Å². The quantitative estimate of drug-likeness (QED) is 0.503. The van der Waals surface area contributed by atoms with Crippen LogP contribution in [-0.4, -0.2) is 22.7 Å². The molecule has 0 aliphatic carbocycles. The number of amides is 1. The normalized spacial score (nSPS) is 13.2. The number of hydrogen-bond acceptors (Lipinski definition) is 4. The Kier molecular flexibility index (Phi) is 5.12. The maximum atomic E-state index is 12.6. The van der Waals surface area contributed by atoms with Gasteiger partial charge in [-0.15, -0.1) is 0 Å². The van der Waals surface area contributed by atoms with Crippen LogP contribution in [0.25, 0.3) is 0 Å². The number of fused-ring (bicyclic) bond motifs is 1. The summed E-state index contributed by atoms with van der Waals surface area (Å²) >= 11 is 0. The summed E-state index contributed by atoms with van der Waals surface area (Å²) in [5.41, 5.74) is 4.75. The van der Waals surface area contributed by atoms with E-state index in [1.165, 1.54) is 0 Å². The van der Waals surface area contributed by atoms with Gasteiger partial charge in [-0.25, -0.2) is 9.98 Å². The standard InChI is InChI=1S/C24H23N3O2/c1-15(2)29-19-9-10-21-20(14-19)23(26-21)18-11-12-25-22(13-18)27-24(28)16(3)17-7-5-4-6-8-17/h4-16H,1-3H3,(H,25,27,28). The van der Waals surface area contributed by atoms with Crippen molar-refractivity contribution in [2.75, 3.05) is 5.32 Å². The largest absolute Gasteiger partial charge is 0.491 e. The predicted molar refractivity (Wildman–Crippen MR) is 115 cm³/mol. The first-order valence-corrected chi connectivity index (χ1v) is 9.73. The van der Waals surface area contributed by atoms with E-state index in [-0.39, 0.29) is 17.9 Å². The van der Waals surface area contributed by atoms with Crippen LogP contribution in [0.2, 0.25) is 0 Å². The molecule has 4 rings (SSSR count). The number of carbonyl (C=O) groups excluding carboxylic acids is 1. The lowest BCUT2D eigenvalue weighted by Gasteiger charge is -2.21. The Morgan fingerprint density at radius 2 is 1.79 bits per heavy atom. The number of nitrogens with zero attached hydrogens (tertiary/aromatic N) is 2. The lowest BCUT2D eigenvalue weighted by Crippen LogP contribution is -2.20. The van der Waals surface area contributed by atoms with Crippen LogP contribution in [-0.2, 0) is 4.79 Å². The molecule has 1 aliphatic rings. The summed E-state index contributed by atoms with van der Waals surface area (Å²) in [5, 5.41) is 2.92. The van der Waals surface area contributed by atoms with Crippen molar-refractivity contribution in [1.82, 2.24) is 4.98 Å². The summed E-state index contributed by atoms with van der Waals surface area (Å²) in [6, 6.07) is 19.4. The van der Waals surface area contributed by atoms with E-state index in [4.69, 9.17) is 4.74 Å². The van der Waals surface area contributed by atoms with Crippen molar-refractivity contribution < 1.29 is 9.53 Å². The molecule has 0 saturated heterocycles. The molecule has 5 heteroatoms. The predicted octanol–water partition coefficient (Wildman–Crippen LogP) is 5.09. The fourth-order valence-electron chi connectivity index (χ4n) is 3.27. The lowest BCUT2D eigenvalue weighted by atomic mass is 9.96. The van der Waals surface area contributed by atoms with Crippen molar-refractivity contribution in [3.05, 3.63) is 83.6 Å². The van der Waals surface area contributed by atoms with Gasteiger partial charge in [-0.2, -0.15) is 0 Å². The molecule has 3 aromatic rings. The molecule has 1 aliphatic heterocycles. The van der Waals surface area contributed by atoms with Gasteiger partial charge in [0.1, 0.15) is 11.6 Å². The van der Waals surface area contributed by atoms with E-state index in [0.29, 0.717) is 5.82 Å². The number of aromatic nitrogens is 1. The number of benzene rings is 2. The van der Waals surface area contributed by atoms with Gasteiger partial charge in [0.05, 0.1) is 23.4 Å². The van der Waals surface area contributed by atoms with E-state index >= 15 is 0 Å². The fourth-order valence-corrected chi connectivity index (χ4v) is 3.27. The van der Waals surface area contributed by atoms with Crippen LogP contribution in [0.15, 0.2) is 71.9 Å². The molecule has 146 valence electrons. The Bertz CT molecular complexity index is 1070. The summed E-state index contributed by atoms with van der Waals surface area (Å²) in [6.45, 7) is 5.89. The Labute approximate surface area is 170 Å². The van der Waals surface area contributed by atoms with Crippen molar-refractivity contribution in [1.29, 1.82) is 0 Å². The highest BCUT2D eigenvalue weighted by Crippen LogP contribution is 2.36. The van der Waals surface area contributed by atoms with Gasteiger partial charge in [0, 0.05) is 17.3 Å². The number of carbonyl (C=O) groups is 1. The van der Waals surface area contributed by atoms with Gasteiger partial charge in [0.2, 0.25) is 5.91 Å². The molecule has 2 heterocycles. The molecule has 0 bridgehead atoms. The van der Waals surface area contributed by atoms with Gasteiger partial charge in [0.25, 0.3) is 0 Å². The Hall–Kier alpha value is -3.47. The van der Waals surface area contributed by atoms with Crippen molar-refractivity contribution in [3.8, 4) is 5.75 Å². The topological polar surface area (TPSA) is 63.6 Å².